The highest BCUT2D eigenvalue weighted by Crippen LogP contribution is 2.16. The summed E-state index contributed by atoms with van der Waals surface area (Å²) in [6, 6.07) is 20.3. The molecule has 0 fully saturated rings. The standard InChI is InChI=1S/C21H15N3O5/c25-20(16-6-2-1-3-7-16)23-22-14-15-5-4-8-19(13-15)29-21(26)17-9-11-18(12-10-17)24(27)28/h1-14H,(H,23,25). The zero-order chi connectivity index (χ0) is 20.6. The molecule has 0 saturated carbocycles. The molecule has 0 aliphatic rings. The van der Waals surface area contributed by atoms with E-state index in [4.69, 9.17) is 4.74 Å². The van der Waals surface area contributed by atoms with Crippen LogP contribution >= 0.6 is 0 Å². The van der Waals surface area contributed by atoms with Crippen molar-refractivity contribution in [2.75, 3.05) is 0 Å². The zero-order valence-electron chi connectivity index (χ0n) is 15.0. The number of nitrogens with one attached hydrogen (secondary N) is 1. The number of esters is 1. The number of hydrogen-bond donors (Lipinski definition) is 1. The molecule has 0 heterocycles. The van der Waals surface area contributed by atoms with Crippen LogP contribution in [0, 0.1) is 10.1 Å². The van der Waals surface area contributed by atoms with Crippen molar-refractivity contribution in [3.63, 3.8) is 0 Å². The van der Waals surface area contributed by atoms with Crippen molar-refractivity contribution in [1.29, 1.82) is 0 Å². The second-order valence-electron chi connectivity index (χ2n) is 5.83. The lowest BCUT2D eigenvalue weighted by atomic mass is 10.2. The number of amides is 1. The van der Waals surface area contributed by atoms with Crippen molar-refractivity contribution in [2.24, 2.45) is 5.10 Å². The Kier molecular flexibility index (Phi) is 6.06. The van der Waals surface area contributed by atoms with E-state index in [2.05, 4.69) is 10.5 Å². The Hall–Kier alpha value is -4.33. The quantitative estimate of drug-likeness (QED) is 0.228. The lowest BCUT2D eigenvalue weighted by Gasteiger charge is -2.05. The Labute approximate surface area is 165 Å². The fourth-order valence-corrected chi connectivity index (χ4v) is 2.36. The van der Waals surface area contributed by atoms with E-state index in [0.717, 1.165) is 0 Å². The number of rotatable bonds is 6. The van der Waals surface area contributed by atoms with Crippen LogP contribution < -0.4 is 10.2 Å². The second-order valence-corrected chi connectivity index (χ2v) is 5.83. The van der Waals surface area contributed by atoms with E-state index in [-0.39, 0.29) is 22.9 Å². The molecule has 1 amide bonds. The molecule has 1 N–H and O–H groups in total. The largest absolute Gasteiger partial charge is 0.423 e. The molecule has 0 spiro atoms. The van der Waals surface area contributed by atoms with Crippen LogP contribution in [0.25, 0.3) is 0 Å². The topological polar surface area (TPSA) is 111 Å². The summed E-state index contributed by atoms with van der Waals surface area (Å²) in [4.78, 5) is 34.2. The van der Waals surface area contributed by atoms with Gasteiger partial charge in [0.15, 0.2) is 0 Å². The smallest absolute Gasteiger partial charge is 0.343 e. The van der Waals surface area contributed by atoms with Crippen LogP contribution in [0.1, 0.15) is 26.3 Å². The van der Waals surface area contributed by atoms with E-state index < -0.39 is 10.9 Å². The van der Waals surface area contributed by atoms with Gasteiger partial charge < -0.3 is 4.74 Å². The van der Waals surface area contributed by atoms with Gasteiger partial charge in [-0.3, -0.25) is 14.9 Å². The molecule has 0 atom stereocenters. The number of non-ortho nitro benzene ring substituents is 1. The van der Waals surface area contributed by atoms with Gasteiger partial charge in [0, 0.05) is 17.7 Å². The number of nitrogens with zero attached hydrogens (tertiary/aromatic N) is 2. The van der Waals surface area contributed by atoms with E-state index in [0.29, 0.717) is 11.1 Å². The number of hydrogen-bond acceptors (Lipinski definition) is 6. The third-order valence-corrected chi connectivity index (χ3v) is 3.80. The molecule has 3 rings (SSSR count). The Bertz CT molecular complexity index is 1060. The second kappa shape index (κ2) is 9.05. The first-order valence-corrected chi connectivity index (χ1v) is 8.48. The van der Waals surface area contributed by atoms with E-state index in [1.54, 1.807) is 48.5 Å². The van der Waals surface area contributed by atoms with Crippen molar-refractivity contribution in [3.05, 3.63) is 106 Å². The lowest BCUT2D eigenvalue weighted by molar-refractivity contribution is -0.384. The predicted octanol–water partition coefficient (Wildman–Crippen LogP) is 3.58. The van der Waals surface area contributed by atoms with Gasteiger partial charge in [-0.05, 0) is 42.0 Å². The molecule has 0 unspecified atom stereocenters. The highest BCUT2D eigenvalue weighted by molar-refractivity contribution is 5.95. The van der Waals surface area contributed by atoms with Gasteiger partial charge in [-0.1, -0.05) is 30.3 Å². The van der Waals surface area contributed by atoms with Crippen LogP contribution in [0.2, 0.25) is 0 Å². The van der Waals surface area contributed by atoms with E-state index in [9.17, 15) is 19.7 Å². The predicted molar refractivity (Wildman–Crippen MR) is 106 cm³/mol. The maximum atomic E-state index is 12.2. The molecule has 144 valence electrons. The van der Waals surface area contributed by atoms with Crippen LogP contribution in [0.15, 0.2) is 84.0 Å². The van der Waals surface area contributed by atoms with Crippen LogP contribution in [0.4, 0.5) is 5.69 Å². The molecule has 0 saturated heterocycles. The molecule has 0 bridgehead atoms. The van der Waals surface area contributed by atoms with Crippen molar-refractivity contribution in [1.82, 2.24) is 5.43 Å². The first-order chi connectivity index (χ1) is 14.0. The van der Waals surface area contributed by atoms with Gasteiger partial charge in [0.2, 0.25) is 0 Å². The number of ether oxygens (including phenoxy) is 1. The Morgan fingerprint density at radius 3 is 2.34 bits per heavy atom. The Balaban J connectivity index is 1.62. The van der Waals surface area contributed by atoms with Gasteiger partial charge >= 0.3 is 5.97 Å². The number of carbonyl (C=O) groups is 2. The molecule has 8 heteroatoms. The summed E-state index contributed by atoms with van der Waals surface area (Å²) in [5.74, 6) is -0.722. The fraction of sp³-hybridized carbons (Fsp3) is 0. The maximum absolute atomic E-state index is 12.2. The molecule has 0 radical (unpaired) electrons. The summed E-state index contributed by atoms with van der Waals surface area (Å²) in [6.45, 7) is 0. The molecule has 3 aromatic rings. The molecule has 0 aromatic heterocycles. The monoisotopic (exact) mass is 389 g/mol. The lowest BCUT2D eigenvalue weighted by Crippen LogP contribution is -2.17. The minimum absolute atomic E-state index is 0.114. The zero-order valence-corrected chi connectivity index (χ0v) is 15.0. The van der Waals surface area contributed by atoms with Crippen LogP contribution in [0.5, 0.6) is 5.75 Å². The average Bonchev–Trinajstić information content (AvgIpc) is 2.74. The molecule has 0 aliphatic carbocycles. The highest BCUT2D eigenvalue weighted by atomic mass is 16.6. The summed E-state index contributed by atoms with van der Waals surface area (Å²) in [5.41, 5.74) is 3.57. The van der Waals surface area contributed by atoms with E-state index >= 15 is 0 Å². The SMILES string of the molecule is O=C(NN=Cc1cccc(OC(=O)c2ccc([N+](=O)[O-])cc2)c1)c1ccccc1. The first-order valence-electron chi connectivity index (χ1n) is 8.48. The van der Waals surface area contributed by atoms with E-state index in [1.807, 2.05) is 6.07 Å². The maximum Gasteiger partial charge on any atom is 0.343 e. The third-order valence-electron chi connectivity index (χ3n) is 3.80. The minimum Gasteiger partial charge on any atom is -0.423 e. The number of nitro groups is 1. The van der Waals surface area contributed by atoms with E-state index in [1.165, 1.54) is 30.5 Å². The van der Waals surface area contributed by atoms with Gasteiger partial charge in [-0.25, -0.2) is 10.2 Å². The Morgan fingerprint density at radius 2 is 1.66 bits per heavy atom. The highest BCUT2D eigenvalue weighted by Gasteiger charge is 2.11. The molecule has 29 heavy (non-hydrogen) atoms. The molecular weight excluding hydrogens is 374 g/mol. The summed E-state index contributed by atoms with van der Waals surface area (Å²) in [7, 11) is 0. The van der Waals surface area contributed by atoms with Crippen molar-refractivity contribution < 1.29 is 19.2 Å². The van der Waals surface area contributed by atoms with Gasteiger partial charge in [0.25, 0.3) is 11.6 Å². The van der Waals surface area contributed by atoms with Crippen LogP contribution in [-0.2, 0) is 0 Å². The third kappa shape index (κ3) is 5.33. The summed E-state index contributed by atoms with van der Waals surface area (Å²) in [5, 5.41) is 14.6. The van der Waals surface area contributed by atoms with Crippen LogP contribution in [0.3, 0.4) is 0 Å². The molecule has 0 aliphatic heterocycles. The average molecular weight is 389 g/mol. The normalized spacial score (nSPS) is 10.5. The minimum atomic E-state index is -0.647. The summed E-state index contributed by atoms with van der Waals surface area (Å²) >= 11 is 0. The fourth-order valence-electron chi connectivity index (χ4n) is 2.36. The number of nitro benzene ring substituents is 1. The summed E-state index contributed by atoms with van der Waals surface area (Å²) in [6.07, 6.45) is 1.42. The van der Waals surface area contributed by atoms with Gasteiger partial charge in [-0.2, -0.15) is 5.10 Å². The van der Waals surface area contributed by atoms with Crippen molar-refractivity contribution in [3.8, 4) is 5.75 Å². The number of benzene rings is 3. The summed E-state index contributed by atoms with van der Waals surface area (Å²) < 4.78 is 5.28. The van der Waals surface area contributed by atoms with Gasteiger partial charge in [0.1, 0.15) is 5.75 Å². The number of hydrazone groups is 1. The molecule has 8 nitrogen and oxygen atoms in total. The van der Waals surface area contributed by atoms with Crippen molar-refractivity contribution in [2.45, 2.75) is 0 Å². The van der Waals surface area contributed by atoms with Crippen molar-refractivity contribution >= 4 is 23.8 Å². The molecule has 3 aromatic carbocycles. The van der Waals surface area contributed by atoms with Gasteiger partial charge in [-0.15, -0.1) is 0 Å². The molecular formula is C21H15N3O5. The first kappa shape index (κ1) is 19.4. The number of carbonyl (C=O) groups excluding carboxylic acids is 2. The Morgan fingerprint density at radius 1 is 0.931 bits per heavy atom. The van der Waals surface area contributed by atoms with Gasteiger partial charge in [0.05, 0.1) is 16.7 Å². The van der Waals surface area contributed by atoms with Crippen LogP contribution in [-0.4, -0.2) is 23.0 Å².